The van der Waals surface area contributed by atoms with Crippen molar-refractivity contribution in [2.75, 3.05) is 6.16 Å². The zero-order valence-corrected chi connectivity index (χ0v) is 9.33. The van der Waals surface area contributed by atoms with Gasteiger partial charge in [0.15, 0.2) is 0 Å². The van der Waals surface area contributed by atoms with Crippen LogP contribution in [0.1, 0.15) is 10.4 Å². The van der Waals surface area contributed by atoms with Crippen molar-refractivity contribution < 1.29 is 33.8 Å². The molecule has 0 saturated carbocycles. The van der Waals surface area contributed by atoms with Gasteiger partial charge >= 0.3 is 19.5 Å². The number of aromatic carboxylic acids is 1. The topological polar surface area (TPSA) is 121 Å². The first-order valence-corrected chi connectivity index (χ1v) is 6.17. The molecule has 3 N–H and O–H groups in total. The molecule has 0 unspecified atom stereocenters. The molecule has 92 valence electrons. The van der Waals surface area contributed by atoms with Gasteiger partial charge in [0.2, 0.25) is 0 Å². The Balaban J connectivity index is 2.85. The molecule has 0 fully saturated rings. The van der Waals surface area contributed by atoms with Crippen LogP contribution in [0.5, 0.6) is 5.75 Å². The number of hydrogen-bond acceptors (Lipinski definition) is 4. The number of hydrogen-bond donors (Lipinski definition) is 3. The van der Waals surface area contributed by atoms with Gasteiger partial charge in [-0.15, -0.1) is 0 Å². The minimum absolute atomic E-state index is 0.251. The van der Waals surface area contributed by atoms with Crippen LogP contribution >= 0.6 is 7.60 Å². The van der Waals surface area contributed by atoms with Gasteiger partial charge in [0.05, 0.1) is 0 Å². The summed E-state index contributed by atoms with van der Waals surface area (Å²) in [5.41, 5.74) is -0.258. The molecule has 1 aromatic carbocycles. The van der Waals surface area contributed by atoms with E-state index in [4.69, 9.17) is 14.9 Å². The van der Waals surface area contributed by atoms with Crippen LogP contribution < -0.4 is 4.74 Å². The summed E-state index contributed by atoms with van der Waals surface area (Å²) in [5.74, 6) is -2.74. The van der Waals surface area contributed by atoms with Gasteiger partial charge in [-0.2, -0.15) is 0 Å². The molecule has 0 aliphatic rings. The summed E-state index contributed by atoms with van der Waals surface area (Å²) in [6.45, 7) is 0. The monoisotopic (exact) mass is 260 g/mol. The quantitative estimate of drug-likeness (QED) is 0.408. The van der Waals surface area contributed by atoms with Crippen LogP contribution in [0.25, 0.3) is 0 Å². The lowest BCUT2D eigenvalue weighted by atomic mass is 10.2. The number of para-hydroxylation sites is 1. The van der Waals surface area contributed by atoms with Crippen molar-refractivity contribution in [3.8, 4) is 5.75 Å². The Morgan fingerprint density at radius 3 is 2.35 bits per heavy atom. The predicted octanol–water partition coefficient (Wildman–Crippen LogP) is 0.468. The summed E-state index contributed by atoms with van der Waals surface area (Å²) in [5, 5.41) is 8.77. The standard InChI is InChI=1S/C9H9O7P/c10-8(5-17(13,14)15)16-7-4-2-1-3-6(7)9(11)12/h1-4H,5H2,(H,11,12)(H2,13,14,15). The number of carboxylic acids is 1. The maximum atomic E-state index is 11.1. The smallest absolute Gasteiger partial charge is 0.339 e. The molecule has 17 heavy (non-hydrogen) atoms. The first-order valence-electron chi connectivity index (χ1n) is 4.37. The largest absolute Gasteiger partial charge is 0.478 e. The highest BCUT2D eigenvalue weighted by Crippen LogP contribution is 2.34. The molecule has 0 saturated heterocycles. The highest BCUT2D eigenvalue weighted by molar-refractivity contribution is 7.52. The van der Waals surface area contributed by atoms with Crippen LogP contribution in [-0.4, -0.2) is 33.0 Å². The van der Waals surface area contributed by atoms with Gasteiger partial charge in [-0.1, -0.05) is 12.1 Å². The van der Waals surface area contributed by atoms with E-state index >= 15 is 0 Å². The summed E-state index contributed by atoms with van der Waals surface area (Å²) in [6, 6.07) is 5.31. The Hall–Kier alpha value is -1.69. The lowest BCUT2D eigenvalue weighted by molar-refractivity contribution is -0.131. The van der Waals surface area contributed by atoms with Crippen LogP contribution in [-0.2, 0) is 9.36 Å². The minimum Gasteiger partial charge on any atom is -0.478 e. The number of rotatable bonds is 4. The maximum Gasteiger partial charge on any atom is 0.339 e. The van der Waals surface area contributed by atoms with E-state index in [1.165, 1.54) is 24.3 Å². The second kappa shape index (κ2) is 5.09. The van der Waals surface area contributed by atoms with Crippen molar-refractivity contribution in [1.82, 2.24) is 0 Å². The molecule has 0 spiro atoms. The van der Waals surface area contributed by atoms with Crippen LogP contribution in [0.15, 0.2) is 24.3 Å². The highest BCUT2D eigenvalue weighted by Gasteiger charge is 2.22. The Bertz CT molecular complexity index is 490. The molecule has 8 heteroatoms. The molecule has 0 bridgehead atoms. The van der Waals surface area contributed by atoms with Crippen molar-refractivity contribution >= 4 is 19.5 Å². The molecule has 0 aliphatic heterocycles. The second-order valence-corrected chi connectivity index (χ2v) is 4.74. The van der Waals surface area contributed by atoms with Crippen molar-refractivity contribution in [3.63, 3.8) is 0 Å². The zero-order valence-electron chi connectivity index (χ0n) is 8.44. The van der Waals surface area contributed by atoms with Gasteiger partial charge < -0.3 is 19.6 Å². The third-order valence-corrected chi connectivity index (χ3v) is 2.35. The number of ether oxygens (including phenoxy) is 1. The molecule has 0 radical (unpaired) electrons. The third-order valence-electron chi connectivity index (χ3n) is 1.68. The van der Waals surface area contributed by atoms with E-state index in [0.717, 1.165) is 0 Å². The lowest BCUT2D eigenvalue weighted by Crippen LogP contribution is -2.15. The first kappa shape index (κ1) is 13.4. The van der Waals surface area contributed by atoms with E-state index < -0.39 is 25.7 Å². The van der Waals surface area contributed by atoms with Gasteiger partial charge in [0.1, 0.15) is 17.5 Å². The van der Waals surface area contributed by atoms with Crippen molar-refractivity contribution in [1.29, 1.82) is 0 Å². The van der Waals surface area contributed by atoms with E-state index in [1.54, 1.807) is 0 Å². The summed E-state index contributed by atoms with van der Waals surface area (Å²) in [7, 11) is -4.52. The van der Waals surface area contributed by atoms with Crippen LogP contribution in [0.3, 0.4) is 0 Å². The maximum absolute atomic E-state index is 11.1. The fraction of sp³-hybridized carbons (Fsp3) is 0.111. The molecule has 0 aromatic heterocycles. The number of carbonyl (C=O) groups excluding carboxylic acids is 1. The third kappa shape index (κ3) is 4.36. The van der Waals surface area contributed by atoms with E-state index in [1.807, 2.05) is 0 Å². The molecular formula is C9H9O7P. The number of carboxylic acid groups (broad SMARTS) is 1. The van der Waals surface area contributed by atoms with Crippen LogP contribution in [0, 0.1) is 0 Å². The average Bonchev–Trinajstić information content (AvgIpc) is 2.14. The molecular weight excluding hydrogens is 251 g/mol. The SMILES string of the molecule is O=C(CP(=O)(O)O)Oc1ccccc1C(=O)O. The minimum atomic E-state index is -4.52. The fourth-order valence-corrected chi connectivity index (χ4v) is 1.46. The molecule has 0 heterocycles. The van der Waals surface area contributed by atoms with E-state index in [0.29, 0.717) is 0 Å². The highest BCUT2D eigenvalue weighted by atomic mass is 31.2. The molecule has 1 aromatic rings. The van der Waals surface area contributed by atoms with E-state index in [-0.39, 0.29) is 11.3 Å². The number of benzene rings is 1. The Kier molecular flexibility index (Phi) is 4.01. The van der Waals surface area contributed by atoms with Gasteiger partial charge in [-0.05, 0) is 12.1 Å². The normalized spacial score (nSPS) is 10.9. The number of carbonyl (C=O) groups is 2. The first-order chi connectivity index (χ1) is 7.79. The summed E-state index contributed by atoms with van der Waals surface area (Å²) in [6.07, 6.45) is -1.10. The Morgan fingerprint density at radius 1 is 1.24 bits per heavy atom. The Labute approximate surface area is 95.8 Å². The van der Waals surface area contributed by atoms with Gasteiger partial charge in [-0.25, -0.2) is 4.79 Å². The number of esters is 1. The predicted molar refractivity (Wildman–Crippen MR) is 55.9 cm³/mol. The average molecular weight is 260 g/mol. The lowest BCUT2D eigenvalue weighted by Gasteiger charge is -2.07. The van der Waals surface area contributed by atoms with E-state index in [2.05, 4.69) is 4.74 Å². The summed E-state index contributed by atoms with van der Waals surface area (Å²) >= 11 is 0. The second-order valence-electron chi connectivity index (χ2n) is 3.10. The molecule has 0 atom stereocenters. The van der Waals surface area contributed by atoms with Crippen molar-refractivity contribution in [3.05, 3.63) is 29.8 Å². The van der Waals surface area contributed by atoms with Crippen LogP contribution in [0.4, 0.5) is 0 Å². The summed E-state index contributed by atoms with van der Waals surface area (Å²) < 4.78 is 15.1. The summed E-state index contributed by atoms with van der Waals surface area (Å²) in [4.78, 5) is 38.9. The van der Waals surface area contributed by atoms with Crippen LogP contribution in [0.2, 0.25) is 0 Å². The molecule has 0 amide bonds. The van der Waals surface area contributed by atoms with Gasteiger partial charge in [0.25, 0.3) is 0 Å². The molecule has 0 aliphatic carbocycles. The molecule has 1 rings (SSSR count). The van der Waals surface area contributed by atoms with E-state index in [9.17, 15) is 14.2 Å². The Morgan fingerprint density at radius 2 is 1.82 bits per heavy atom. The zero-order chi connectivity index (χ0) is 13.1. The van der Waals surface area contributed by atoms with Crippen molar-refractivity contribution in [2.24, 2.45) is 0 Å². The van der Waals surface area contributed by atoms with Gasteiger partial charge in [0, 0.05) is 0 Å². The molecule has 7 nitrogen and oxygen atoms in total. The van der Waals surface area contributed by atoms with Gasteiger partial charge in [-0.3, -0.25) is 9.36 Å². The van der Waals surface area contributed by atoms with Crippen molar-refractivity contribution in [2.45, 2.75) is 0 Å². The fourth-order valence-electron chi connectivity index (χ4n) is 1.06.